The van der Waals surface area contributed by atoms with E-state index in [-0.39, 0.29) is 18.1 Å². The zero-order valence-corrected chi connectivity index (χ0v) is 12.1. The van der Waals surface area contributed by atoms with Gasteiger partial charge in [-0.1, -0.05) is 18.2 Å². The van der Waals surface area contributed by atoms with Crippen LogP contribution in [0.2, 0.25) is 0 Å². The highest BCUT2D eigenvalue weighted by atomic mass is 16.5. The smallest absolute Gasteiger partial charge is 0.239 e. The molecule has 2 atom stereocenters. The molecule has 1 aromatic carbocycles. The molecule has 2 N–H and O–H groups in total. The minimum absolute atomic E-state index is 0.115. The first-order valence-electron chi connectivity index (χ1n) is 7.64. The average molecular weight is 290 g/mol. The molecule has 0 radical (unpaired) electrons. The van der Waals surface area contributed by atoms with Crippen LogP contribution in [0.5, 0.6) is 5.75 Å². The summed E-state index contributed by atoms with van der Waals surface area (Å²) in [5, 5.41) is 12.6. The van der Waals surface area contributed by atoms with E-state index in [2.05, 4.69) is 5.32 Å². The SMILES string of the molecule is O=C([C@@H]1C[C@H](O)CN1)N1CCC(Oc2ccccc2)CC1. The van der Waals surface area contributed by atoms with Crippen molar-refractivity contribution in [1.29, 1.82) is 0 Å². The maximum absolute atomic E-state index is 12.3. The van der Waals surface area contributed by atoms with E-state index in [0.29, 0.717) is 13.0 Å². The van der Waals surface area contributed by atoms with E-state index in [1.54, 1.807) is 0 Å². The number of hydrogen-bond acceptors (Lipinski definition) is 4. The number of aliphatic hydroxyl groups is 1. The summed E-state index contributed by atoms with van der Waals surface area (Å²) in [6.07, 6.45) is 2.03. The summed E-state index contributed by atoms with van der Waals surface area (Å²) in [6.45, 7) is 1.97. The molecule has 0 aromatic heterocycles. The molecule has 0 unspecified atom stereocenters. The second kappa shape index (κ2) is 6.45. The molecule has 5 nitrogen and oxygen atoms in total. The van der Waals surface area contributed by atoms with Gasteiger partial charge in [0.1, 0.15) is 11.9 Å². The number of carbonyl (C=O) groups excluding carboxylic acids is 1. The lowest BCUT2D eigenvalue weighted by molar-refractivity contribution is -0.135. The fourth-order valence-electron chi connectivity index (χ4n) is 3.01. The van der Waals surface area contributed by atoms with Gasteiger partial charge in [0.25, 0.3) is 0 Å². The number of likely N-dealkylation sites (tertiary alicyclic amines) is 1. The van der Waals surface area contributed by atoms with Crippen molar-refractivity contribution in [2.24, 2.45) is 0 Å². The molecule has 2 saturated heterocycles. The van der Waals surface area contributed by atoms with Gasteiger partial charge in [-0.2, -0.15) is 0 Å². The number of ether oxygens (including phenoxy) is 1. The predicted molar refractivity (Wildman–Crippen MR) is 79.1 cm³/mol. The number of nitrogens with one attached hydrogen (secondary N) is 1. The Morgan fingerprint density at radius 2 is 1.95 bits per heavy atom. The first-order valence-corrected chi connectivity index (χ1v) is 7.64. The maximum atomic E-state index is 12.3. The van der Waals surface area contributed by atoms with E-state index in [0.717, 1.165) is 31.7 Å². The molecule has 3 rings (SSSR count). The van der Waals surface area contributed by atoms with Gasteiger partial charge < -0.3 is 20.1 Å². The van der Waals surface area contributed by atoms with Crippen molar-refractivity contribution in [3.05, 3.63) is 30.3 Å². The van der Waals surface area contributed by atoms with Crippen molar-refractivity contribution in [3.63, 3.8) is 0 Å². The predicted octanol–water partition coefficient (Wildman–Crippen LogP) is 0.779. The van der Waals surface area contributed by atoms with Crippen LogP contribution in [0.4, 0.5) is 0 Å². The Morgan fingerprint density at radius 1 is 1.24 bits per heavy atom. The molecule has 2 aliphatic heterocycles. The van der Waals surface area contributed by atoms with Gasteiger partial charge in [0.15, 0.2) is 0 Å². The van der Waals surface area contributed by atoms with Crippen LogP contribution in [0.1, 0.15) is 19.3 Å². The number of β-amino-alcohol motifs (C(OH)–C–C–N with tert-alkyl or cyclic N) is 1. The van der Waals surface area contributed by atoms with Crippen molar-refractivity contribution in [2.45, 2.75) is 37.5 Å². The highest BCUT2D eigenvalue weighted by molar-refractivity contribution is 5.82. The van der Waals surface area contributed by atoms with Crippen molar-refractivity contribution in [2.75, 3.05) is 19.6 Å². The fourth-order valence-corrected chi connectivity index (χ4v) is 3.01. The zero-order valence-electron chi connectivity index (χ0n) is 12.1. The van der Waals surface area contributed by atoms with E-state index in [9.17, 15) is 9.90 Å². The summed E-state index contributed by atoms with van der Waals surface area (Å²) >= 11 is 0. The largest absolute Gasteiger partial charge is 0.490 e. The third-order valence-electron chi connectivity index (χ3n) is 4.21. The number of rotatable bonds is 3. The van der Waals surface area contributed by atoms with Gasteiger partial charge in [0, 0.05) is 32.5 Å². The van der Waals surface area contributed by atoms with Crippen LogP contribution in [-0.4, -0.2) is 53.8 Å². The van der Waals surface area contributed by atoms with Gasteiger partial charge in [0.2, 0.25) is 5.91 Å². The molecule has 0 spiro atoms. The van der Waals surface area contributed by atoms with E-state index >= 15 is 0 Å². The molecule has 5 heteroatoms. The van der Waals surface area contributed by atoms with Gasteiger partial charge in [0.05, 0.1) is 12.1 Å². The quantitative estimate of drug-likeness (QED) is 0.863. The van der Waals surface area contributed by atoms with Crippen molar-refractivity contribution in [1.82, 2.24) is 10.2 Å². The Morgan fingerprint density at radius 3 is 2.57 bits per heavy atom. The highest BCUT2D eigenvalue weighted by Gasteiger charge is 2.33. The number of piperidine rings is 1. The van der Waals surface area contributed by atoms with E-state index in [1.807, 2.05) is 35.2 Å². The number of carbonyl (C=O) groups is 1. The second-order valence-electron chi connectivity index (χ2n) is 5.81. The van der Waals surface area contributed by atoms with Gasteiger partial charge in [-0.15, -0.1) is 0 Å². The molecule has 21 heavy (non-hydrogen) atoms. The third kappa shape index (κ3) is 3.54. The lowest BCUT2D eigenvalue weighted by Gasteiger charge is -2.33. The standard InChI is InChI=1S/C16H22N2O3/c19-12-10-15(17-11-12)16(20)18-8-6-14(7-9-18)21-13-4-2-1-3-5-13/h1-5,12,14-15,17,19H,6-11H2/t12-,15-/m0/s1. The molecular formula is C16H22N2O3. The van der Waals surface area contributed by atoms with Crippen LogP contribution < -0.4 is 10.1 Å². The molecule has 0 bridgehead atoms. The molecule has 1 aromatic rings. The number of benzene rings is 1. The Labute approximate surface area is 124 Å². The van der Waals surface area contributed by atoms with Crippen molar-refractivity contribution < 1.29 is 14.6 Å². The molecule has 0 saturated carbocycles. The number of aliphatic hydroxyl groups excluding tert-OH is 1. The molecule has 0 aliphatic carbocycles. The molecule has 114 valence electrons. The van der Waals surface area contributed by atoms with Gasteiger partial charge in [-0.25, -0.2) is 0 Å². The van der Waals surface area contributed by atoms with E-state index in [4.69, 9.17) is 4.74 Å². The normalized spacial score (nSPS) is 26.8. The van der Waals surface area contributed by atoms with Gasteiger partial charge in [-0.05, 0) is 18.6 Å². The Balaban J connectivity index is 1.47. The summed E-state index contributed by atoms with van der Waals surface area (Å²) in [4.78, 5) is 14.2. The van der Waals surface area contributed by atoms with Crippen LogP contribution in [-0.2, 0) is 4.79 Å². The molecule has 1 amide bonds. The second-order valence-corrected chi connectivity index (χ2v) is 5.81. The summed E-state index contributed by atoms with van der Waals surface area (Å²) in [6, 6.07) is 9.60. The van der Waals surface area contributed by atoms with Crippen molar-refractivity contribution >= 4 is 5.91 Å². The molecular weight excluding hydrogens is 268 g/mol. The number of nitrogens with zero attached hydrogens (tertiary/aromatic N) is 1. The van der Waals surface area contributed by atoms with Crippen LogP contribution in [0, 0.1) is 0 Å². The third-order valence-corrected chi connectivity index (χ3v) is 4.21. The monoisotopic (exact) mass is 290 g/mol. The number of amides is 1. The Hall–Kier alpha value is -1.59. The summed E-state index contributed by atoms with van der Waals surface area (Å²) in [5.74, 6) is 1.01. The van der Waals surface area contributed by atoms with E-state index < -0.39 is 6.10 Å². The van der Waals surface area contributed by atoms with Crippen LogP contribution >= 0.6 is 0 Å². The first-order chi connectivity index (χ1) is 10.2. The highest BCUT2D eigenvalue weighted by Crippen LogP contribution is 2.20. The van der Waals surface area contributed by atoms with Crippen LogP contribution in [0.25, 0.3) is 0 Å². The molecule has 2 aliphatic rings. The topological polar surface area (TPSA) is 61.8 Å². The van der Waals surface area contributed by atoms with Gasteiger partial charge >= 0.3 is 0 Å². The lowest BCUT2D eigenvalue weighted by Crippen LogP contribution is -2.48. The fraction of sp³-hybridized carbons (Fsp3) is 0.562. The number of para-hydroxylation sites is 1. The van der Waals surface area contributed by atoms with Gasteiger partial charge in [-0.3, -0.25) is 4.79 Å². The first kappa shape index (κ1) is 14.4. The summed E-state index contributed by atoms with van der Waals surface area (Å²) in [7, 11) is 0. The minimum Gasteiger partial charge on any atom is -0.490 e. The van der Waals surface area contributed by atoms with E-state index in [1.165, 1.54) is 0 Å². The van der Waals surface area contributed by atoms with Crippen molar-refractivity contribution in [3.8, 4) is 5.75 Å². The average Bonchev–Trinajstić information content (AvgIpc) is 2.95. The zero-order chi connectivity index (χ0) is 14.7. The lowest BCUT2D eigenvalue weighted by atomic mass is 10.1. The summed E-state index contributed by atoms with van der Waals surface area (Å²) in [5.41, 5.74) is 0. The number of hydrogen-bond donors (Lipinski definition) is 2. The molecule has 2 heterocycles. The van der Waals surface area contributed by atoms with Crippen LogP contribution in [0.15, 0.2) is 30.3 Å². The summed E-state index contributed by atoms with van der Waals surface area (Å²) < 4.78 is 5.93. The van der Waals surface area contributed by atoms with Crippen LogP contribution in [0.3, 0.4) is 0 Å². The maximum Gasteiger partial charge on any atom is 0.239 e. The Kier molecular flexibility index (Phi) is 4.41. The molecule has 2 fully saturated rings. The minimum atomic E-state index is -0.391. The Bertz CT molecular complexity index is 472.